The molecule has 0 aromatic carbocycles. The van der Waals surface area contributed by atoms with Crippen molar-refractivity contribution in [3.8, 4) is 0 Å². The number of hydrogen-bond acceptors (Lipinski definition) is 1. The van der Waals surface area contributed by atoms with E-state index in [9.17, 15) is 4.79 Å². The predicted octanol–water partition coefficient (Wildman–Crippen LogP) is 2.72. The van der Waals surface area contributed by atoms with Crippen LogP contribution in [-0.2, 0) is 4.79 Å². The van der Waals surface area contributed by atoms with Crippen LogP contribution in [0, 0.1) is 5.41 Å². The molecule has 0 N–H and O–H groups in total. The summed E-state index contributed by atoms with van der Waals surface area (Å²) in [5.41, 5.74) is 2.78. The van der Waals surface area contributed by atoms with Gasteiger partial charge in [-0.2, -0.15) is 0 Å². The summed E-state index contributed by atoms with van der Waals surface area (Å²) >= 11 is 0. The van der Waals surface area contributed by atoms with Gasteiger partial charge in [-0.15, -0.1) is 5.73 Å². The van der Waals surface area contributed by atoms with Crippen LogP contribution in [0.1, 0.15) is 33.6 Å². The monoisotopic (exact) mass is 152 g/mol. The number of carbonyl (C=O) groups is 1. The van der Waals surface area contributed by atoms with Crippen molar-refractivity contribution in [2.75, 3.05) is 0 Å². The maximum Gasteiger partial charge on any atom is 0.130 e. The lowest BCUT2D eigenvalue weighted by atomic mass is 9.84. The first-order chi connectivity index (χ1) is 4.98. The summed E-state index contributed by atoms with van der Waals surface area (Å²) in [6.45, 7) is 9.25. The van der Waals surface area contributed by atoms with E-state index in [2.05, 4.69) is 26.2 Å². The zero-order chi connectivity index (χ0) is 8.91. The van der Waals surface area contributed by atoms with Crippen LogP contribution in [0.4, 0.5) is 0 Å². The third-order valence-electron chi connectivity index (χ3n) is 1.53. The van der Waals surface area contributed by atoms with Crippen molar-refractivity contribution in [2.45, 2.75) is 33.6 Å². The fourth-order valence-corrected chi connectivity index (χ4v) is 1.09. The van der Waals surface area contributed by atoms with E-state index in [4.69, 9.17) is 0 Å². The first-order valence-corrected chi connectivity index (χ1v) is 3.82. The Balaban J connectivity index is 3.98. The minimum absolute atomic E-state index is 0.0660. The zero-order valence-corrected chi connectivity index (χ0v) is 7.61. The van der Waals surface area contributed by atoms with Crippen molar-refractivity contribution < 1.29 is 4.79 Å². The fraction of sp³-hybridized carbons (Fsp3) is 0.600. The highest BCUT2D eigenvalue weighted by Gasteiger charge is 2.17. The minimum Gasteiger partial charge on any atom is -0.300 e. The van der Waals surface area contributed by atoms with E-state index in [1.54, 1.807) is 6.92 Å². The van der Waals surface area contributed by atoms with Gasteiger partial charge in [0.05, 0.1) is 0 Å². The lowest BCUT2D eigenvalue weighted by Crippen LogP contribution is -2.14. The lowest BCUT2D eigenvalue weighted by Gasteiger charge is -2.20. The molecule has 0 aliphatic heterocycles. The lowest BCUT2D eigenvalue weighted by molar-refractivity contribution is -0.118. The van der Waals surface area contributed by atoms with Crippen LogP contribution in [0.25, 0.3) is 0 Å². The van der Waals surface area contributed by atoms with Gasteiger partial charge in [-0.3, -0.25) is 0 Å². The Morgan fingerprint density at radius 3 is 2.55 bits per heavy atom. The molecule has 0 aromatic heterocycles. The molecule has 0 fully saturated rings. The van der Waals surface area contributed by atoms with Gasteiger partial charge < -0.3 is 4.79 Å². The largest absolute Gasteiger partial charge is 0.300 e. The highest BCUT2D eigenvalue weighted by Crippen LogP contribution is 2.25. The number of rotatable bonds is 4. The molecule has 1 nitrogen and oxygen atoms in total. The van der Waals surface area contributed by atoms with Crippen LogP contribution < -0.4 is 0 Å². The minimum atomic E-state index is 0.0660. The molecule has 62 valence electrons. The molecule has 0 aromatic rings. The molecule has 0 saturated heterocycles. The normalized spacial score (nSPS) is 10.5. The maximum atomic E-state index is 10.8. The smallest absolute Gasteiger partial charge is 0.130 e. The van der Waals surface area contributed by atoms with Gasteiger partial charge in [-0.25, -0.2) is 0 Å². The van der Waals surface area contributed by atoms with Gasteiger partial charge in [-0.05, 0) is 24.8 Å². The molecule has 11 heavy (non-hydrogen) atoms. The average molecular weight is 152 g/mol. The molecule has 0 amide bonds. The average Bonchev–Trinajstić information content (AvgIpc) is 1.81. The first kappa shape index (κ1) is 10.2. The van der Waals surface area contributed by atoms with E-state index in [1.807, 2.05) is 6.08 Å². The second-order valence-corrected chi connectivity index (χ2v) is 3.66. The molecular formula is C10H16O. The van der Waals surface area contributed by atoms with Crippen molar-refractivity contribution in [3.63, 3.8) is 0 Å². The van der Waals surface area contributed by atoms with Crippen molar-refractivity contribution in [1.82, 2.24) is 0 Å². The van der Waals surface area contributed by atoms with Crippen LogP contribution in [-0.4, -0.2) is 5.78 Å². The molecule has 0 aliphatic carbocycles. The van der Waals surface area contributed by atoms with Crippen LogP contribution in [0.5, 0.6) is 0 Å². The molecule has 0 atom stereocenters. The second kappa shape index (κ2) is 4.15. The van der Waals surface area contributed by atoms with Crippen molar-refractivity contribution in [3.05, 3.63) is 18.4 Å². The van der Waals surface area contributed by atoms with Gasteiger partial charge in [0.1, 0.15) is 5.78 Å². The second-order valence-electron chi connectivity index (χ2n) is 3.66. The standard InChI is InChI=1S/C10H16O/c1-5-6-7-10(3,4)8-9(2)11/h6H,1,7-8H2,2-4H3. The molecule has 0 saturated carbocycles. The number of ketones is 1. The van der Waals surface area contributed by atoms with E-state index in [-0.39, 0.29) is 11.2 Å². The summed E-state index contributed by atoms with van der Waals surface area (Å²) < 4.78 is 0. The maximum absolute atomic E-state index is 10.8. The van der Waals surface area contributed by atoms with Crippen molar-refractivity contribution in [2.24, 2.45) is 5.41 Å². The molecule has 0 bridgehead atoms. The number of allylic oxidation sites excluding steroid dienone is 1. The van der Waals surface area contributed by atoms with Gasteiger partial charge in [0, 0.05) is 6.42 Å². The highest BCUT2D eigenvalue weighted by atomic mass is 16.1. The Bertz CT molecular complexity index is 177. The van der Waals surface area contributed by atoms with E-state index in [0.29, 0.717) is 6.42 Å². The summed E-state index contributed by atoms with van der Waals surface area (Å²) in [6, 6.07) is 0. The molecule has 0 rings (SSSR count). The summed E-state index contributed by atoms with van der Waals surface area (Å²) in [5, 5.41) is 0. The number of Topliss-reactive ketones (excluding diaryl/α,β-unsaturated/α-hetero) is 1. The van der Waals surface area contributed by atoms with Gasteiger partial charge in [0.15, 0.2) is 0 Å². The first-order valence-electron chi connectivity index (χ1n) is 3.82. The van der Waals surface area contributed by atoms with Gasteiger partial charge in [0.2, 0.25) is 0 Å². The SMILES string of the molecule is C=C=CCC(C)(C)CC(C)=O. The predicted molar refractivity (Wildman–Crippen MR) is 47.4 cm³/mol. The third-order valence-corrected chi connectivity index (χ3v) is 1.53. The van der Waals surface area contributed by atoms with Crippen molar-refractivity contribution in [1.29, 1.82) is 0 Å². The number of carbonyl (C=O) groups excluding carboxylic acids is 1. The molecular weight excluding hydrogens is 136 g/mol. The molecule has 0 unspecified atom stereocenters. The zero-order valence-electron chi connectivity index (χ0n) is 7.61. The summed E-state index contributed by atoms with van der Waals surface area (Å²) in [4.78, 5) is 10.8. The Morgan fingerprint density at radius 1 is 1.64 bits per heavy atom. The Morgan fingerprint density at radius 2 is 2.18 bits per heavy atom. The Kier molecular flexibility index (Phi) is 3.84. The van der Waals surface area contributed by atoms with Crippen LogP contribution in [0.3, 0.4) is 0 Å². The molecule has 0 aliphatic rings. The van der Waals surface area contributed by atoms with Crippen LogP contribution >= 0.6 is 0 Å². The molecule has 1 heteroatoms. The van der Waals surface area contributed by atoms with Gasteiger partial charge in [0.25, 0.3) is 0 Å². The molecule has 0 spiro atoms. The van der Waals surface area contributed by atoms with E-state index < -0.39 is 0 Å². The van der Waals surface area contributed by atoms with Crippen LogP contribution in [0.15, 0.2) is 18.4 Å². The summed E-state index contributed by atoms with van der Waals surface area (Å²) in [5.74, 6) is 0.243. The summed E-state index contributed by atoms with van der Waals surface area (Å²) in [7, 11) is 0. The topological polar surface area (TPSA) is 17.1 Å². The van der Waals surface area contributed by atoms with Crippen LogP contribution in [0.2, 0.25) is 0 Å². The quantitative estimate of drug-likeness (QED) is 0.566. The van der Waals surface area contributed by atoms with E-state index >= 15 is 0 Å². The Labute approximate surface area is 68.8 Å². The van der Waals surface area contributed by atoms with Gasteiger partial charge in [-0.1, -0.05) is 20.4 Å². The summed E-state index contributed by atoms with van der Waals surface area (Å²) in [6.07, 6.45) is 3.38. The van der Waals surface area contributed by atoms with E-state index in [0.717, 1.165) is 6.42 Å². The molecule has 0 heterocycles. The Hall–Kier alpha value is -0.810. The van der Waals surface area contributed by atoms with Crippen molar-refractivity contribution >= 4 is 5.78 Å². The number of hydrogen-bond donors (Lipinski definition) is 0. The fourth-order valence-electron chi connectivity index (χ4n) is 1.09. The molecule has 0 radical (unpaired) electrons. The highest BCUT2D eigenvalue weighted by molar-refractivity contribution is 5.76. The van der Waals surface area contributed by atoms with Gasteiger partial charge >= 0.3 is 0 Å². The third kappa shape index (κ3) is 5.63. The van der Waals surface area contributed by atoms with E-state index in [1.165, 1.54) is 0 Å².